The highest BCUT2D eigenvalue weighted by atomic mass is 79.9. The lowest BCUT2D eigenvalue weighted by Gasteiger charge is -2.34. The van der Waals surface area contributed by atoms with Gasteiger partial charge in [-0.3, -0.25) is 13.9 Å². The molecule has 1 atom stereocenters. The molecule has 4 aromatic rings. The van der Waals surface area contributed by atoms with Crippen LogP contribution in [0.5, 0.6) is 0 Å². The van der Waals surface area contributed by atoms with Crippen LogP contribution < -0.4 is 9.62 Å². The lowest BCUT2D eigenvalue weighted by molar-refractivity contribution is -0.140. The molecule has 0 aliphatic heterocycles. The molecule has 4 rings (SSSR count). The van der Waals surface area contributed by atoms with Gasteiger partial charge in [0.25, 0.3) is 10.0 Å². The first kappa shape index (κ1) is 34.9. The van der Waals surface area contributed by atoms with Crippen LogP contribution in [-0.2, 0) is 32.6 Å². The van der Waals surface area contributed by atoms with E-state index in [4.69, 9.17) is 0 Å². The van der Waals surface area contributed by atoms with Crippen molar-refractivity contribution in [3.05, 3.63) is 129 Å². The SMILES string of the molecule is Cc1ccc(S(=O)(=O)N(CC(=O)N(Cc2cccc(Br)c2)[C@@H](Cc2ccccc2)C(=O)NCC(C)C)c2cc(C)cc(C)c2)cc1. The maximum atomic E-state index is 14.6. The summed E-state index contributed by atoms with van der Waals surface area (Å²) in [7, 11) is -4.16. The van der Waals surface area contributed by atoms with Gasteiger partial charge in [0, 0.05) is 24.0 Å². The van der Waals surface area contributed by atoms with Crippen molar-refractivity contribution in [3.63, 3.8) is 0 Å². The van der Waals surface area contributed by atoms with E-state index < -0.39 is 28.5 Å². The number of amides is 2. The molecule has 46 heavy (non-hydrogen) atoms. The fourth-order valence-electron chi connectivity index (χ4n) is 5.27. The standard InChI is InChI=1S/C37H42BrN3O4S/c1-26(2)23-39-37(43)35(22-30-10-7-6-8-11-30)40(24-31-12-9-13-32(38)21-31)36(42)25-41(33-19-28(4)18-29(5)20-33)46(44,45)34-16-14-27(3)15-17-34/h6-21,26,35H,22-25H2,1-5H3,(H,39,43)/t35-/m0/s1. The van der Waals surface area contributed by atoms with E-state index in [1.165, 1.54) is 9.21 Å². The molecule has 0 spiro atoms. The Morgan fingerprint density at radius 2 is 1.41 bits per heavy atom. The second-order valence-electron chi connectivity index (χ2n) is 12.2. The van der Waals surface area contributed by atoms with Gasteiger partial charge in [-0.1, -0.05) is 96.0 Å². The molecule has 0 unspecified atom stereocenters. The minimum Gasteiger partial charge on any atom is -0.354 e. The molecule has 9 heteroatoms. The molecule has 0 aromatic heterocycles. The zero-order valence-corrected chi connectivity index (χ0v) is 29.4. The highest BCUT2D eigenvalue weighted by Gasteiger charge is 2.34. The summed E-state index contributed by atoms with van der Waals surface area (Å²) >= 11 is 3.52. The third-order valence-corrected chi connectivity index (χ3v) is 9.86. The van der Waals surface area contributed by atoms with Gasteiger partial charge < -0.3 is 10.2 Å². The van der Waals surface area contributed by atoms with E-state index in [-0.39, 0.29) is 29.7 Å². The Labute approximate surface area is 281 Å². The first-order valence-corrected chi connectivity index (χ1v) is 17.6. The predicted molar refractivity (Wildman–Crippen MR) is 188 cm³/mol. The summed E-state index contributed by atoms with van der Waals surface area (Å²) in [5.74, 6) is -0.578. The van der Waals surface area contributed by atoms with E-state index in [1.807, 2.05) is 95.3 Å². The Morgan fingerprint density at radius 1 is 0.783 bits per heavy atom. The lowest BCUT2D eigenvalue weighted by Crippen LogP contribution is -2.53. The quantitative estimate of drug-likeness (QED) is 0.163. The van der Waals surface area contributed by atoms with Crippen LogP contribution in [0.25, 0.3) is 0 Å². The second kappa shape index (κ2) is 15.6. The van der Waals surface area contributed by atoms with Crippen molar-refractivity contribution in [1.82, 2.24) is 10.2 Å². The molecular weight excluding hydrogens is 662 g/mol. The van der Waals surface area contributed by atoms with Crippen LogP contribution in [0.1, 0.15) is 41.7 Å². The first-order valence-electron chi connectivity index (χ1n) is 15.4. The second-order valence-corrected chi connectivity index (χ2v) is 14.9. The molecule has 0 aliphatic rings. The summed E-state index contributed by atoms with van der Waals surface area (Å²) in [6.45, 7) is 9.75. The van der Waals surface area contributed by atoms with Crippen LogP contribution in [0.2, 0.25) is 0 Å². The lowest BCUT2D eigenvalue weighted by atomic mass is 10.0. The Morgan fingerprint density at radius 3 is 2.02 bits per heavy atom. The molecular formula is C37H42BrN3O4S. The smallest absolute Gasteiger partial charge is 0.264 e. The Kier molecular flexibility index (Phi) is 11.8. The van der Waals surface area contributed by atoms with Crippen molar-refractivity contribution in [2.45, 2.75) is 58.5 Å². The van der Waals surface area contributed by atoms with Crippen molar-refractivity contribution in [1.29, 1.82) is 0 Å². The van der Waals surface area contributed by atoms with Crippen molar-refractivity contribution in [2.75, 3.05) is 17.4 Å². The van der Waals surface area contributed by atoms with Gasteiger partial charge in [-0.15, -0.1) is 0 Å². The summed E-state index contributed by atoms with van der Waals surface area (Å²) in [6.07, 6.45) is 0.263. The summed E-state index contributed by atoms with van der Waals surface area (Å²) in [5, 5.41) is 3.02. The molecule has 242 valence electrons. The Balaban J connectivity index is 1.82. The number of benzene rings is 4. The van der Waals surface area contributed by atoms with E-state index in [2.05, 4.69) is 21.2 Å². The number of carbonyl (C=O) groups is 2. The third-order valence-electron chi connectivity index (χ3n) is 7.58. The van der Waals surface area contributed by atoms with Crippen LogP contribution in [0.15, 0.2) is 106 Å². The largest absolute Gasteiger partial charge is 0.354 e. The Bertz CT molecular complexity index is 1740. The molecule has 0 aliphatic carbocycles. The zero-order chi connectivity index (χ0) is 33.4. The third kappa shape index (κ3) is 9.30. The molecule has 0 fully saturated rings. The number of nitrogens with zero attached hydrogens (tertiary/aromatic N) is 2. The van der Waals surface area contributed by atoms with E-state index in [0.717, 1.165) is 32.3 Å². The van der Waals surface area contributed by atoms with E-state index >= 15 is 0 Å². The van der Waals surface area contributed by atoms with Gasteiger partial charge >= 0.3 is 0 Å². The highest BCUT2D eigenvalue weighted by Crippen LogP contribution is 2.27. The number of hydrogen-bond acceptors (Lipinski definition) is 4. The molecule has 7 nitrogen and oxygen atoms in total. The topological polar surface area (TPSA) is 86.8 Å². The number of rotatable bonds is 13. The molecule has 0 radical (unpaired) electrons. The average molecular weight is 705 g/mol. The number of halogens is 1. The van der Waals surface area contributed by atoms with E-state index in [9.17, 15) is 18.0 Å². The number of anilines is 1. The molecule has 1 N–H and O–H groups in total. The Hall–Kier alpha value is -3.95. The predicted octanol–water partition coefficient (Wildman–Crippen LogP) is 6.98. The minimum atomic E-state index is -4.16. The van der Waals surface area contributed by atoms with Crippen LogP contribution >= 0.6 is 15.9 Å². The van der Waals surface area contributed by atoms with Crippen LogP contribution in [0.4, 0.5) is 5.69 Å². The van der Waals surface area contributed by atoms with Gasteiger partial charge in [-0.2, -0.15) is 0 Å². The normalized spacial score (nSPS) is 12.1. The molecule has 0 heterocycles. The fraction of sp³-hybridized carbons (Fsp3) is 0.297. The summed E-state index contributed by atoms with van der Waals surface area (Å²) in [6, 6.07) is 28.3. The van der Waals surface area contributed by atoms with Crippen molar-refractivity contribution < 1.29 is 18.0 Å². The molecule has 0 saturated heterocycles. The van der Waals surface area contributed by atoms with E-state index in [1.54, 1.807) is 36.4 Å². The molecule has 2 amide bonds. The van der Waals surface area contributed by atoms with Gasteiger partial charge in [0.15, 0.2) is 0 Å². The number of hydrogen-bond donors (Lipinski definition) is 1. The average Bonchev–Trinajstić information content (AvgIpc) is 3.00. The van der Waals surface area contributed by atoms with Crippen LogP contribution in [-0.4, -0.2) is 44.3 Å². The molecule has 4 aromatic carbocycles. The van der Waals surface area contributed by atoms with Crippen LogP contribution in [0.3, 0.4) is 0 Å². The van der Waals surface area contributed by atoms with Gasteiger partial charge in [-0.05, 0) is 85.3 Å². The molecule has 0 saturated carbocycles. The van der Waals surface area contributed by atoms with Crippen molar-refractivity contribution in [3.8, 4) is 0 Å². The zero-order valence-electron chi connectivity index (χ0n) is 27.0. The van der Waals surface area contributed by atoms with Crippen molar-refractivity contribution >= 4 is 43.5 Å². The van der Waals surface area contributed by atoms with Gasteiger partial charge in [0.2, 0.25) is 11.8 Å². The van der Waals surface area contributed by atoms with Gasteiger partial charge in [0.05, 0.1) is 10.6 Å². The van der Waals surface area contributed by atoms with Gasteiger partial charge in [-0.25, -0.2) is 8.42 Å². The van der Waals surface area contributed by atoms with Crippen LogP contribution in [0, 0.1) is 26.7 Å². The summed E-state index contributed by atoms with van der Waals surface area (Å²) < 4.78 is 30.5. The maximum absolute atomic E-state index is 14.6. The maximum Gasteiger partial charge on any atom is 0.264 e. The summed E-state index contributed by atoms with van der Waals surface area (Å²) in [5.41, 5.74) is 4.73. The fourth-order valence-corrected chi connectivity index (χ4v) is 7.11. The first-order chi connectivity index (χ1) is 21.8. The van der Waals surface area contributed by atoms with Crippen molar-refractivity contribution in [2.24, 2.45) is 5.92 Å². The number of carbonyl (C=O) groups excluding carboxylic acids is 2. The highest BCUT2D eigenvalue weighted by molar-refractivity contribution is 9.10. The summed E-state index contributed by atoms with van der Waals surface area (Å²) in [4.78, 5) is 30.1. The van der Waals surface area contributed by atoms with Gasteiger partial charge in [0.1, 0.15) is 12.6 Å². The van der Waals surface area contributed by atoms with E-state index in [0.29, 0.717) is 12.2 Å². The number of sulfonamides is 1. The number of aryl methyl sites for hydroxylation is 3. The monoisotopic (exact) mass is 703 g/mol. The number of nitrogens with one attached hydrogen (secondary N) is 1. The molecule has 0 bridgehead atoms. The minimum absolute atomic E-state index is 0.0825.